The number of pyridine rings is 1. The Hall–Kier alpha value is -0.890. The van der Waals surface area contributed by atoms with E-state index in [9.17, 15) is 4.79 Å². The summed E-state index contributed by atoms with van der Waals surface area (Å²) in [5, 5.41) is 0.594. The number of hydrogen-bond donors (Lipinski definition) is 0. The molecule has 0 N–H and O–H groups in total. The monoisotopic (exact) mass is 195 g/mol. The Bertz CT molecular complexity index is 333. The third-order valence-electron chi connectivity index (χ3n) is 2.21. The Balaban J connectivity index is 2.08. The molecular formula is C10H10ClNO. The third-order valence-corrected chi connectivity index (χ3v) is 2.55. The van der Waals surface area contributed by atoms with Gasteiger partial charge in [-0.15, -0.1) is 0 Å². The highest BCUT2D eigenvalue weighted by atomic mass is 35.5. The molecule has 0 unspecified atom stereocenters. The summed E-state index contributed by atoms with van der Waals surface area (Å²) in [5.74, 6) is 0.568. The van der Waals surface area contributed by atoms with Crippen molar-refractivity contribution in [2.45, 2.75) is 19.3 Å². The Morgan fingerprint density at radius 2 is 2.38 bits per heavy atom. The molecule has 1 aromatic rings. The molecule has 13 heavy (non-hydrogen) atoms. The molecule has 1 fully saturated rings. The van der Waals surface area contributed by atoms with Crippen molar-refractivity contribution in [1.82, 2.24) is 4.98 Å². The standard InChI is InChI=1S/C10H10ClNO/c11-8-2-1-5-12-9(8)6-10(13)7-3-4-7/h1-2,5,7H,3-4,6H2. The molecule has 0 radical (unpaired) electrons. The van der Waals surface area contributed by atoms with Crippen molar-refractivity contribution in [2.24, 2.45) is 5.92 Å². The normalized spacial score (nSPS) is 15.8. The first-order valence-electron chi connectivity index (χ1n) is 4.39. The van der Waals surface area contributed by atoms with Crippen LogP contribution in [-0.4, -0.2) is 10.8 Å². The largest absolute Gasteiger partial charge is 0.299 e. The summed E-state index contributed by atoms with van der Waals surface area (Å²) in [6.45, 7) is 0. The first-order valence-corrected chi connectivity index (χ1v) is 4.77. The molecule has 1 saturated carbocycles. The van der Waals surface area contributed by atoms with Crippen LogP contribution in [0.4, 0.5) is 0 Å². The number of rotatable bonds is 3. The Morgan fingerprint density at radius 3 is 3.00 bits per heavy atom. The van der Waals surface area contributed by atoms with Gasteiger partial charge in [0.05, 0.1) is 17.1 Å². The molecule has 68 valence electrons. The van der Waals surface area contributed by atoms with Crippen LogP contribution in [0.2, 0.25) is 5.02 Å². The molecule has 0 bridgehead atoms. The molecule has 0 saturated heterocycles. The molecule has 0 aromatic carbocycles. The van der Waals surface area contributed by atoms with Crippen LogP contribution in [0.3, 0.4) is 0 Å². The lowest BCUT2D eigenvalue weighted by atomic mass is 10.1. The van der Waals surface area contributed by atoms with Crippen molar-refractivity contribution in [3.8, 4) is 0 Å². The number of hydrogen-bond acceptors (Lipinski definition) is 2. The highest BCUT2D eigenvalue weighted by molar-refractivity contribution is 6.31. The van der Waals surface area contributed by atoms with Gasteiger partial charge in [0.25, 0.3) is 0 Å². The van der Waals surface area contributed by atoms with Crippen LogP contribution in [-0.2, 0) is 11.2 Å². The molecule has 2 rings (SSSR count). The molecule has 1 aliphatic carbocycles. The number of carbonyl (C=O) groups excluding carboxylic acids is 1. The fourth-order valence-corrected chi connectivity index (χ4v) is 1.45. The quantitative estimate of drug-likeness (QED) is 0.741. The van der Waals surface area contributed by atoms with Gasteiger partial charge in [-0.25, -0.2) is 0 Å². The maximum absolute atomic E-state index is 11.4. The van der Waals surface area contributed by atoms with E-state index in [1.807, 2.05) is 0 Å². The summed E-state index contributed by atoms with van der Waals surface area (Å²) in [6.07, 6.45) is 4.15. The molecule has 0 amide bonds. The lowest BCUT2D eigenvalue weighted by Crippen LogP contribution is -2.06. The molecule has 1 aliphatic rings. The van der Waals surface area contributed by atoms with Gasteiger partial charge in [0.2, 0.25) is 0 Å². The zero-order valence-corrected chi connectivity index (χ0v) is 7.92. The second-order valence-corrected chi connectivity index (χ2v) is 3.76. The Labute approximate surface area is 81.9 Å². The SMILES string of the molecule is O=C(Cc1ncccc1Cl)C1CC1. The Kier molecular flexibility index (Phi) is 2.32. The van der Waals surface area contributed by atoms with Gasteiger partial charge in [-0.05, 0) is 25.0 Å². The number of aromatic nitrogens is 1. The summed E-state index contributed by atoms with van der Waals surface area (Å²) < 4.78 is 0. The summed E-state index contributed by atoms with van der Waals surface area (Å²) in [4.78, 5) is 15.5. The van der Waals surface area contributed by atoms with Crippen LogP contribution < -0.4 is 0 Å². The van der Waals surface area contributed by atoms with Crippen LogP contribution in [0, 0.1) is 5.92 Å². The molecule has 0 atom stereocenters. The second-order valence-electron chi connectivity index (χ2n) is 3.35. The van der Waals surface area contributed by atoms with Gasteiger partial charge < -0.3 is 0 Å². The molecule has 1 aromatic heterocycles. The van der Waals surface area contributed by atoms with Crippen molar-refractivity contribution in [1.29, 1.82) is 0 Å². The highest BCUT2D eigenvalue weighted by Crippen LogP contribution is 2.31. The van der Waals surface area contributed by atoms with E-state index in [-0.39, 0.29) is 11.7 Å². The van der Waals surface area contributed by atoms with Gasteiger partial charge in [-0.3, -0.25) is 9.78 Å². The molecule has 3 heteroatoms. The van der Waals surface area contributed by atoms with Crippen molar-refractivity contribution >= 4 is 17.4 Å². The summed E-state index contributed by atoms with van der Waals surface area (Å²) in [7, 11) is 0. The average Bonchev–Trinajstić information content (AvgIpc) is 2.91. The predicted octanol–water partition coefficient (Wildman–Crippen LogP) is 2.26. The van der Waals surface area contributed by atoms with Crippen molar-refractivity contribution in [3.63, 3.8) is 0 Å². The van der Waals surface area contributed by atoms with Gasteiger partial charge >= 0.3 is 0 Å². The second kappa shape index (κ2) is 3.46. The van der Waals surface area contributed by atoms with Crippen LogP contribution in [0.5, 0.6) is 0 Å². The summed E-state index contributed by atoms with van der Waals surface area (Å²) >= 11 is 5.88. The van der Waals surface area contributed by atoms with Gasteiger partial charge in [0.1, 0.15) is 5.78 Å². The average molecular weight is 196 g/mol. The molecule has 2 nitrogen and oxygen atoms in total. The van der Waals surface area contributed by atoms with Crippen LogP contribution in [0.15, 0.2) is 18.3 Å². The first-order chi connectivity index (χ1) is 6.27. The van der Waals surface area contributed by atoms with Crippen LogP contribution >= 0.6 is 11.6 Å². The topological polar surface area (TPSA) is 30.0 Å². The van der Waals surface area contributed by atoms with E-state index in [0.29, 0.717) is 17.1 Å². The van der Waals surface area contributed by atoms with Gasteiger partial charge in [0.15, 0.2) is 0 Å². The van der Waals surface area contributed by atoms with Crippen molar-refractivity contribution in [3.05, 3.63) is 29.0 Å². The minimum atomic E-state index is 0.278. The Morgan fingerprint density at radius 1 is 1.62 bits per heavy atom. The van der Waals surface area contributed by atoms with E-state index in [0.717, 1.165) is 12.8 Å². The van der Waals surface area contributed by atoms with Gasteiger partial charge in [-0.2, -0.15) is 0 Å². The van der Waals surface area contributed by atoms with Crippen molar-refractivity contribution in [2.75, 3.05) is 0 Å². The number of halogens is 1. The minimum Gasteiger partial charge on any atom is -0.299 e. The predicted molar refractivity (Wildman–Crippen MR) is 50.7 cm³/mol. The van der Waals surface area contributed by atoms with E-state index in [1.165, 1.54) is 0 Å². The lowest BCUT2D eigenvalue weighted by molar-refractivity contribution is -0.119. The molecule has 0 aliphatic heterocycles. The fraction of sp³-hybridized carbons (Fsp3) is 0.400. The first kappa shape index (κ1) is 8.70. The van der Waals surface area contributed by atoms with E-state index in [2.05, 4.69) is 4.98 Å². The summed E-state index contributed by atoms with van der Waals surface area (Å²) in [5.41, 5.74) is 0.709. The fourth-order valence-electron chi connectivity index (χ4n) is 1.26. The summed E-state index contributed by atoms with van der Waals surface area (Å²) in [6, 6.07) is 3.54. The molecule has 0 spiro atoms. The third kappa shape index (κ3) is 2.07. The number of ketones is 1. The molecular weight excluding hydrogens is 186 g/mol. The van der Waals surface area contributed by atoms with Crippen LogP contribution in [0.1, 0.15) is 18.5 Å². The van der Waals surface area contributed by atoms with E-state index in [4.69, 9.17) is 11.6 Å². The van der Waals surface area contributed by atoms with E-state index < -0.39 is 0 Å². The number of nitrogens with zero attached hydrogens (tertiary/aromatic N) is 1. The highest BCUT2D eigenvalue weighted by Gasteiger charge is 2.29. The zero-order valence-electron chi connectivity index (χ0n) is 7.16. The molecule has 1 heterocycles. The zero-order chi connectivity index (χ0) is 9.26. The van der Waals surface area contributed by atoms with E-state index in [1.54, 1.807) is 18.3 Å². The van der Waals surface area contributed by atoms with Gasteiger partial charge in [0, 0.05) is 12.1 Å². The smallest absolute Gasteiger partial charge is 0.141 e. The van der Waals surface area contributed by atoms with E-state index >= 15 is 0 Å². The number of carbonyl (C=O) groups is 1. The van der Waals surface area contributed by atoms with Crippen molar-refractivity contribution < 1.29 is 4.79 Å². The maximum atomic E-state index is 11.4. The minimum absolute atomic E-state index is 0.278. The number of Topliss-reactive ketones (excluding diaryl/α,β-unsaturated/α-hetero) is 1. The van der Waals surface area contributed by atoms with Gasteiger partial charge in [-0.1, -0.05) is 11.6 Å². The maximum Gasteiger partial charge on any atom is 0.141 e. The van der Waals surface area contributed by atoms with Crippen LogP contribution in [0.25, 0.3) is 0 Å². The lowest BCUT2D eigenvalue weighted by Gasteiger charge is -2.00.